The third-order valence-corrected chi connectivity index (χ3v) is 4.49. The first kappa shape index (κ1) is 16.8. The van der Waals surface area contributed by atoms with E-state index in [-0.39, 0.29) is 0 Å². The summed E-state index contributed by atoms with van der Waals surface area (Å²) in [6.07, 6.45) is 6.66. The molecule has 0 aromatic heterocycles. The monoisotopic (exact) mass is 309 g/mol. The van der Waals surface area contributed by atoms with Crippen LogP contribution in [0.15, 0.2) is 11.6 Å². The van der Waals surface area contributed by atoms with Gasteiger partial charge in [-0.05, 0) is 58.8 Å². The van der Waals surface area contributed by atoms with E-state index in [9.17, 15) is 14.7 Å². The lowest BCUT2D eigenvalue weighted by Gasteiger charge is -2.42. The Kier molecular flexibility index (Phi) is 4.54. The van der Waals surface area contributed by atoms with E-state index < -0.39 is 29.1 Å². The van der Waals surface area contributed by atoms with Gasteiger partial charge in [-0.1, -0.05) is 18.6 Å². The number of fused-ring (bicyclic) bond motifs is 2. The topological polar surface area (TPSA) is 75.6 Å². The molecule has 0 saturated heterocycles. The van der Waals surface area contributed by atoms with Crippen molar-refractivity contribution in [2.24, 2.45) is 11.3 Å². The number of hydrogen-bond donors (Lipinski definition) is 2. The van der Waals surface area contributed by atoms with Gasteiger partial charge in [0.1, 0.15) is 11.6 Å². The SMILES string of the molecule is CC(C)(C)OC(=O)N[C@H](C(=O)O)C1(C)C=C2CCCC(C2)C1. The van der Waals surface area contributed by atoms with Crippen LogP contribution in [0.2, 0.25) is 0 Å². The van der Waals surface area contributed by atoms with Crippen molar-refractivity contribution >= 4 is 12.1 Å². The molecule has 0 aromatic carbocycles. The second kappa shape index (κ2) is 5.94. The standard InChI is InChI=1S/C17H27NO4/c1-16(2,3)22-15(21)18-13(14(19)20)17(4)9-11-6-5-7-12(8-11)10-17/h9,12-13H,5-8,10H2,1-4H3,(H,18,21)(H,19,20)/t12?,13-,17?/m1/s1. The summed E-state index contributed by atoms with van der Waals surface area (Å²) in [7, 11) is 0. The van der Waals surface area contributed by atoms with Crippen molar-refractivity contribution in [1.29, 1.82) is 0 Å². The molecule has 5 nitrogen and oxygen atoms in total. The molecule has 3 atom stereocenters. The minimum Gasteiger partial charge on any atom is -0.480 e. The van der Waals surface area contributed by atoms with Crippen LogP contribution in [0, 0.1) is 11.3 Å². The van der Waals surface area contributed by atoms with Crippen molar-refractivity contribution in [3.63, 3.8) is 0 Å². The summed E-state index contributed by atoms with van der Waals surface area (Å²) in [5, 5.41) is 12.2. The molecular formula is C17H27NO4. The zero-order chi connectivity index (χ0) is 16.5. The number of nitrogens with one attached hydrogen (secondary N) is 1. The maximum Gasteiger partial charge on any atom is 0.408 e. The first-order valence-electron chi connectivity index (χ1n) is 8.02. The molecule has 5 heteroatoms. The number of rotatable bonds is 3. The van der Waals surface area contributed by atoms with E-state index >= 15 is 0 Å². The minimum absolute atomic E-state index is 0.529. The summed E-state index contributed by atoms with van der Waals surface area (Å²) < 4.78 is 5.21. The van der Waals surface area contributed by atoms with Crippen LogP contribution in [0.4, 0.5) is 4.79 Å². The highest BCUT2D eigenvalue weighted by Crippen LogP contribution is 2.46. The molecule has 2 bridgehead atoms. The van der Waals surface area contributed by atoms with Gasteiger partial charge < -0.3 is 15.2 Å². The summed E-state index contributed by atoms with van der Waals surface area (Å²) in [6, 6.07) is -0.960. The third kappa shape index (κ3) is 4.02. The number of carbonyl (C=O) groups is 2. The molecule has 2 aliphatic rings. The van der Waals surface area contributed by atoms with E-state index in [1.165, 1.54) is 12.0 Å². The van der Waals surface area contributed by atoms with Crippen molar-refractivity contribution in [2.75, 3.05) is 0 Å². The van der Waals surface area contributed by atoms with Crippen LogP contribution in [0.5, 0.6) is 0 Å². The van der Waals surface area contributed by atoms with Crippen molar-refractivity contribution in [2.45, 2.75) is 71.4 Å². The van der Waals surface area contributed by atoms with Crippen LogP contribution in [0.25, 0.3) is 0 Å². The summed E-state index contributed by atoms with van der Waals surface area (Å²) in [5.41, 5.74) is 0.138. The zero-order valence-electron chi connectivity index (χ0n) is 13.9. The number of alkyl carbamates (subject to hydrolysis) is 1. The third-order valence-electron chi connectivity index (χ3n) is 4.49. The fourth-order valence-electron chi connectivity index (χ4n) is 3.78. The van der Waals surface area contributed by atoms with E-state index in [1.807, 2.05) is 6.92 Å². The molecule has 1 saturated carbocycles. The smallest absolute Gasteiger partial charge is 0.408 e. The Balaban J connectivity index is 2.17. The van der Waals surface area contributed by atoms with Crippen LogP contribution in [-0.4, -0.2) is 28.8 Å². The Labute approximate surface area is 132 Å². The van der Waals surface area contributed by atoms with Gasteiger partial charge in [0.25, 0.3) is 0 Å². The van der Waals surface area contributed by atoms with Crippen LogP contribution >= 0.6 is 0 Å². The summed E-state index contributed by atoms with van der Waals surface area (Å²) >= 11 is 0. The Morgan fingerprint density at radius 1 is 1.45 bits per heavy atom. The van der Waals surface area contributed by atoms with Gasteiger partial charge in [0, 0.05) is 5.41 Å². The van der Waals surface area contributed by atoms with Gasteiger partial charge in [-0.2, -0.15) is 0 Å². The number of ether oxygens (including phenoxy) is 1. The average Bonchev–Trinajstić information content (AvgIpc) is 2.32. The lowest BCUT2D eigenvalue weighted by Crippen LogP contribution is -2.53. The molecule has 2 N–H and O–H groups in total. The molecule has 0 aromatic rings. The lowest BCUT2D eigenvalue weighted by molar-refractivity contribution is -0.142. The van der Waals surface area contributed by atoms with Gasteiger partial charge in [0.15, 0.2) is 0 Å². The predicted molar refractivity (Wildman–Crippen MR) is 83.6 cm³/mol. The molecule has 0 heterocycles. The Bertz CT molecular complexity index is 491. The van der Waals surface area contributed by atoms with E-state index in [2.05, 4.69) is 11.4 Å². The van der Waals surface area contributed by atoms with Gasteiger partial charge in [0.05, 0.1) is 0 Å². The number of amides is 1. The average molecular weight is 309 g/mol. The number of aliphatic carboxylic acids is 1. The van der Waals surface area contributed by atoms with Gasteiger partial charge in [-0.25, -0.2) is 9.59 Å². The molecule has 124 valence electrons. The van der Waals surface area contributed by atoms with Gasteiger partial charge in [-0.15, -0.1) is 0 Å². The van der Waals surface area contributed by atoms with Crippen LogP contribution in [0.3, 0.4) is 0 Å². The molecule has 2 rings (SSSR count). The van der Waals surface area contributed by atoms with Crippen LogP contribution in [-0.2, 0) is 9.53 Å². The summed E-state index contributed by atoms with van der Waals surface area (Å²) in [6.45, 7) is 7.21. The molecule has 0 aliphatic heterocycles. The molecule has 22 heavy (non-hydrogen) atoms. The maximum absolute atomic E-state index is 12.0. The van der Waals surface area contributed by atoms with Crippen molar-refractivity contribution in [3.05, 3.63) is 11.6 Å². The molecule has 0 radical (unpaired) electrons. The number of allylic oxidation sites excluding steroid dienone is 1. The highest BCUT2D eigenvalue weighted by atomic mass is 16.6. The Morgan fingerprint density at radius 3 is 2.68 bits per heavy atom. The quantitative estimate of drug-likeness (QED) is 0.782. The van der Waals surface area contributed by atoms with Crippen molar-refractivity contribution in [3.8, 4) is 0 Å². The summed E-state index contributed by atoms with van der Waals surface area (Å²) in [4.78, 5) is 23.7. The largest absolute Gasteiger partial charge is 0.480 e. The lowest BCUT2D eigenvalue weighted by atomic mass is 9.64. The Morgan fingerprint density at radius 2 is 2.14 bits per heavy atom. The molecule has 2 aliphatic carbocycles. The number of carboxylic acid groups (broad SMARTS) is 1. The predicted octanol–water partition coefficient (Wildman–Crippen LogP) is 3.49. The normalized spacial score (nSPS) is 29.3. The minimum atomic E-state index is -1.01. The molecular weight excluding hydrogens is 282 g/mol. The molecule has 1 fully saturated rings. The fourth-order valence-corrected chi connectivity index (χ4v) is 3.78. The molecule has 1 amide bonds. The van der Waals surface area contributed by atoms with E-state index in [0.717, 1.165) is 25.7 Å². The van der Waals surface area contributed by atoms with Gasteiger partial charge >= 0.3 is 12.1 Å². The zero-order valence-corrected chi connectivity index (χ0v) is 13.9. The number of carboxylic acids is 1. The van der Waals surface area contributed by atoms with E-state index in [0.29, 0.717) is 5.92 Å². The highest BCUT2D eigenvalue weighted by Gasteiger charge is 2.44. The molecule has 2 unspecified atom stereocenters. The van der Waals surface area contributed by atoms with Crippen LogP contribution < -0.4 is 5.32 Å². The summed E-state index contributed by atoms with van der Waals surface area (Å²) in [5.74, 6) is -0.480. The number of hydrogen-bond acceptors (Lipinski definition) is 3. The number of carbonyl (C=O) groups excluding carboxylic acids is 1. The maximum atomic E-state index is 12.0. The van der Waals surface area contributed by atoms with E-state index in [1.54, 1.807) is 20.8 Å². The first-order chi connectivity index (χ1) is 10.1. The van der Waals surface area contributed by atoms with Gasteiger partial charge in [0.2, 0.25) is 0 Å². The second-order valence-corrected chi connectivity index (χ2v) is 7.89. The highest BCUT2D eigenvalue weighted by molar-refractivity contribution is 5.81. The molecule has 0 spiro atoms. The van der Waals surface area contributed by atoms with Crippen molar-refractivity contribution in [1.82, 2.24) is 5.32 Å². The Hall–Kier alpha value is -1.52. The fraction of sp³-hybridized carbons (Fsp3) is 0.765. The van der Waals surface area contributed by atoms with E-state index in [4.69, 9.17) is 4.74 Å². The van der Waals surface area contributed by atoms with Gasteiger partial charge in [-0.3, -0.25) is 0 Å². The second-order valence-electron chi connectivity index (χ2n) is 7.89. The van der Waals surface area contributed by atoms with Crippen LogP contribution in [0.1, 0.15) is 59.8 Å². The first-order valence-corrected chi connectivity index (χ1v) is 8.02. The van der Waals surface area contributed by atoms with Crippen molar-refractivity contribution < 1.29 is 19.4 Å².